The molecule has 0 radical (unpaired) electrons. The van der Waals surface area contributed by atoms with Gasteiger partial charge >= 0.3 is 6.09 Å². The standard InChI is InChI=1S/C31H39N3O6/c1-7-31(5,6)34(28(38)24(19-35)33-29(39)40-30(2,3)4)26(23-14-10-11-15-25(23)36)27(37)32-22-17-16-20-12-8-9-13-21(20)18-22/h8-18,24,26,35-36H,7,19H2,1-6H3,(H,32,37)(H,33,39). The Kier molecular flexibility index (Phi) is 9.42. The summed E-state index contributed by atoms with van der Waals surface area (Å²) in [6.07, 6.45) is -0.453. The molecular formula is C31H39N3O6. The first-order valence-corrected chi connectivity index (χ1v) is 13.3. The number of anilines is 1. The van der Waals surface area contributed by atoms with E-state index in [4.69, 9.17) is 4.74 Å². The minimum absolute atomic E-state index is 0.175. The molecule has 2 unspecified atom stereocenters. The summed E-state index contributed by atoms with van der Waals surface area (Å²) in [6.45, 7) is 9.74. The summed E-state index contributed by atoms with van der Waals surface area (Å²) in [6, 6.07) is 16.8. The molecule has 9 nitrogen and oxygen atoms in total. The summed E-state index contributed by atoms with van der Waals surface area (Å²) >= 11 is 0. The molecule has 3 aromatic rings. The van der Waals surface area contributed by atoms with Crippen molar-refractivity contribution in [3.8, 4) is 5.75 Å². The number of benzene rings is 3. The fraction of sp³-hybridized carbons (Fsp3) is 0.387. The average Bonchev–Trinajstić information content (AvgIpc) is 2.89. The number of hydrogen-bond acceptors (Lipinski definition) is 6. The molecule has 0 spiro atoms. The number of aliphatic hydroxyl groups excluding tert-OH is 1. The number of alkyl carbamates (subject to hydrolysis) is 1. The molecular weight excluding hydrogens is 510 g/mol. The highest BCUT2D eigenvalue weighted by atomic mass is 16.6. The van der Waals surface area contributed by atoms with Crippen LogP contribution in [0.4, 0.5) is 10.5 Å². The van der Waals surface area contributed by atoms with Gasteiger partial charge in [-0.25, -0.2) is 4.79 Å². The van der Waals surface area contributed by atoms with Crippen LogP contribution in [0.25, 0.3) is 10.8 Å². The average molecular weight is 550 g/mol. The van der Waals surface area contributed by atoms with Gasteiger partial charge in [-0.05, 0) is 70.0 Å². The van der Waals surface area contributed by atoms with Gasteiger partial charge in [0.1, 0.15) is 23.4 Å². The Morgan fingerprint density at radius 2 is 1.55 bits per heavy atom. The Labute approximate surface area is 235 Å². The Morgan fingerprint density at radius 3 is 2.15 bits per heavy atom. The highest BCUT2D eigenvalue weighted by Gasteiger charge is 2.44. The quantitative estimate of drug-likeness (QED) is 0.293. The highest BCUT2D eigenvalue weighted by molar-refractivity contribution is 6.01. The molecule has 0 aliphatic heterocycles. The van der Waals surface area contributed by atoms with E-state index in [-0.39, 0.29) is 11.3 Å². The van der Waals surface area contributed by atoms with Crippen LogP contribution in [0.15, 0.2) is 66.7 Å². The van der Waals surface area contributed by atoms with Crippen molar-refractivity contribution in [1.82, 2.24) is 10.2 Å². The van der Waals surface area contributed by atoms with Gasteiger partial charge in [0.15, 0.2) is 0 Å². The van der Waals surface area contributed by atoms with Crippen LogP contribution < -0.4 is 10.6 Å². The zero-order chi connectivity index (χ0) is 29.7. The number of amides is 3. The first-order valence-electron chi connectivity index (χ1n) is 13.3. The minimum Gasteiger partial charge on any atom is -0.508 e. The van der Waals surface area contributed by atoms with Gasteiger partial charge in [-0.2, -0.15) is 0 Å². The number of carbonyl (C=O) groups is 3. The van der Waals surface area contributed by atoms with Crippen LogP contribution in [0.1, 0.15) is 59.6 Å². The van der Waals surface area contributed by atoms with E-state index in [1.54, 1.807) is 58.9 Å². The molecule has 9 heteroatoms. The van der Waals surface area contributed by atoms with Gasteiger partial charge in [0.25, 0.3) is 5.91 Å². The third-order valence-corrected chi connectivity index (χ3v) is 6.68. The second kappa shape index (κ2) is 12.4. The first kappa shape index (κ1) is 30.4. The van der Waals surface area contributed by atoms with E-state index in [2.05, 4.69) is 10.6 Å². The van der Waals surface area contributed by atoms with Crippen LogP contribution in [0, 0.1) is 0 Å². The molecule has 3 rings (SSSR count). The fourth-order valence-electron chi connectivity index (χ4n) is 4.34. The number of para-hydroxylation sites is 1. The van der Waals surface area contributed by atoms with E-state index in [0.29, 0.717) is 12.1 Å². The number of fused-ring (bicyclic) bond motifs is 1. The molecule has 0 aliphatic carbocycles. The molecule has 0 bridgehead atoms. The van der Waals surface area contributed by atoms with Crippen LogP contribution in [-0.2, 0) is 14.3 Å². The largest absolute Gasteiger partial charge is 0.508 e. The lowest BCUT2D eigenvalue weighted by Gasteiger charge is -2.44. The number of nitrogens with zero attached hydrogens (tertiary/aromatic N) is 1. The van der Waals surface area contributed by atoms with Crippen LogP contribution in [0.2, 0.25) is 0 Å². The summed E-state index contributed by atoms with van der Waals surface area (Å²) < 4.78 is 5.29. The Balaban J connectivity index is 2.07. The Morgan fingerprint density at radius 1 is 0.925 bits per heavy atom. The number of rotatable bonds is 9. The molecule has 3 aromatic carbocycles. The Bertz CT molecular complexity index is 1360. The van der Waals surface area contributed by atoms with Crippen LogP contribution in [0.3, 0.4) is 0 Å². The normalized spacial score (nSPS) is 13.3. The summed E-state index contributed by atoms with van der Waals surface area (Å²) in [5.41, 5.74) is -1.05. The predicted molar refractivity (Wildman–Crippen MR) is 155 cm³/mol. The van der Waals surface area contributed by atoms with Gasteiger partial charge in [-0.15, -0.1) is 0 Å². The van der Waals surface area contributed by atoms with Gasteiger partial charge < -0.3 is 30.5 Å². The number of phenolic OH excluding ortho intramolecular Hbond substituents is 1. The van der Waals surface area contributed by atoms with Crippen molar-refractivity contribution in [3.63, 3.8) is 0 Å². The van der Waals surface area contributed by atoms with Gasteiger partial charge in [-0.3, -0.25) is 9.59 Å². The number of aromatic hydroxyl groups is 1. The number of ether oxygens (including phenoxy) is 1. The van der Waals surface area contributed by atoms with Crippen molar-refractivity contribution in [2.45, 2.75) is 71.2 Å². The number of aliphatic hydroxyl groups is 1. The summed E-state index contributed by atoms with van der Waals surface area (Å²) in [5, 5.41) is 28.2. The second-order valence-corrected chi connectivity index (χ2v) is 11.3. The van der Waals surface area contributed by atoms with Crippen molar-refractivity contribution in [1.29, 1.82) is 0 Å². The maximum Gasteiger partial charge on any atom is 0.408 e. The zero-order valence-electron chi connectivity index (χ0n) is 23.9. The number of nitrogens with one attached hydrogen (secondary N) is 2. The van der Waals surface area contributed by atoms with Crippen molar-refractivity contribution in [3.05, 3.63) is 72.3 Å². The summed E-state index contributed by atoms with van der Waals surface area (Å²) in [7, 11) is 0. The lowest BCUT2D eigenvalue weighted by atomic mass is 9.91. The first-order chi connectivity index (χ1) is 18.8. The summed E-state index contributed by atoms with van der Waals surface area (Å²) in [5.74, 6) is -1.45. The number of phenols is 1. The van der Waals surface area contributed by atoms with Crippen LogP contribution >= 0.6 is 0 Å². The number of hydrogen-bond donors (Lipinski definition) is 4. The SMILES string of the molecule is CCC(C)(C)N(C(=O)C(CO)NC(=O)OC(C)(C)C)C(C(=O)Nc1ccc2ccccc2c1)c1ccccc1O. The molecule has 214 valence electrons. The van der Waals surface area contributed by atoms with E-state index in [1.165, 1.54) is 11.0 Å². The van der Waals surface area contributed by atoms with E-state index in [9.17, 15) is 24.6 Å². The van der Waals surface area contributed by atoms with E-state index >= 15 is 0 Å². The van der Waals surface area contributed by atoms with Crippen molar-refractivity contribution in [2.24, 2.45) is 0 Å². The van der Waals surface area contributed by atoms with Crippen molar-refractivity contribution in [2.75, 3.05) is 11.9 Å². The molecule has 40 heavy (non-hydrogen) atoms. The zero-order valence-corrected chi connectivity index (χ0v) is 23.9. The second-order valence-electron chi connectivity index (χ2n) is 11.3. The molecule has 0 saturated carbocycles. The molecule has 3 amide bonds. The third kappa shape index (κ3) is 7.30. The molecule has 0 fully saturated rings. The Hall–Kier alpha value is -4.11. The van der Waals surface area contributed by atoms with Crippen LogP contribution in [-0.4, -0.2) is 56.8 Å². The third-order valence-electron chi connectivity index (χ3n) is 6.68. The van der Waals surface area contributed by atoms with Crippen molar-refractivity contribution < 1.29 is 29.3 Å². The fourth-order valence-corrected chi connectivity index (χ4v) is 4.34. The predicted octanol–water partition coefficient (Wildman–Crippen LogP) is 5.13. The van der Waals surface area contributed by atoms with Crippen LogP contribution in [0.5, 0.6) is 5.75 Å². The smallest absolute Gasteiger partial charge is 0.408 e. The lowest BCUT2D eigenvalue weighted by molar-refractivity contribution is -0.148. The maximum atomic E-state index is 14.1. The molecule has 0 aromatic heterocycles. The molecule has 2 atom stereocenters. The minimum atomic E-state index is -1.40. The molecule has 4 N–H and O–H groups in total. The van der Waals surface area contributed by atoms with E-state index in [0.717, 1.165) is 10.8 Å². The monoisotopic (exact) mass is 549 g/mol. The molecule has 0 aliphatic rings. The van der Waals surface area contributed by atoms with E-state index < -0.39 is 47.7 Å². The summed E-state index contributed by atoms with van der Waals surface area (Å²) in [4.78, 5) is 41.9. The van der Waals surface area contributed by atoms with Gasteiger partial charge in [0.05, 0.1) is 6.61 Å². The van der Waals surface area contributed by atoms with Gasteiger partial charge in [-0.1, -0.05) is 55.5 Å². The lowest BCUT2D eigenvalue weighted by Crippen LogP contribution is -2.59. The van der Waals surface area contributed by atoms with Gasteiger partial charge in [0.2, 0.25) is 5.91 Å². The topological polar surface area (TPSA) is 128 Å². The van der Waals surface area contributed by atoms with Crippen molar-refractivity contribution >= 4 is 34.4 Å². The van der Waals surface area contributed by atoms with E-state index in [1.807, 2.05) is 43.3 Å². The van der Waals surface area contributed by atoms with Gasteiger partial charge in [0, 0.05) is 16.8 Å². The number of carbonyl (C=O) groups excluding carboxylic acids is 3. The molecule has 0 saturated heterocycles. The maximum absolute atomic E-state index is 14.1. The molecule has 0 heterocycles. The highest BCUT2D eigenvalue weighted by Crippen LogP contribution is 2.36.